The highest BCUT2D eigenvalue weighted by Crippen LogP contribution is 2.52. The van der Waals surface area contributed by atoms with Gasteiger partial charge in [0.1, 0.15) is 6.54 Å². The van der Waals surface area contributed by atoms with Crippen molar-refractivity contribution in [2.24, 2.45) is 23.7 Å². The number of amides is 3. The summed E-state index contributed by atoms with van der Waals surface area (Å²) in [5.74, 6) is -0.832. The molecule has 2 bridgehead atoms. The van der Waals surface area contributed by atoms with Crippen LogP contribution in [0.2, 0.25) is 0 Å². The lowest BCUT2D eigenvalue weighted by Gasteiger charge is -2.17. The molecule has 0 radical (unpaired) electrons. The van der Waals surface area contributed by atoms with E-state index in [1.807, 2.05) is 31.2 Å². The predicted molar refractivity (Wildman–Crippen MR) is 88.9 cm³/mol. The van der Waals surface area contributed by atoms with Crippen LogP contribution in [0.4, 0.5) is 5.69 Å². The summed E-state index contributed by atoms with van der Waals surface area (Å²) in [6.07, 6.45) is 5.81. The van der Waals surface area contributed by atoms with Gasteiger partial charge in [0.15, 0.2) is 0 Å². The van der Waals surface area contributed by atoms with Gasteiger partial charge in [-0.15, -0.1) is 0 Å². The second kappa shape index (κ2) is 5.58. The Labute approximate surface area is 140 Å². The van der Waals surface area contributed by atoms with Gasteiger partial charge in [-0.1, -0.05) is 37.3 Å². The molecule has 1 saturated heterocycles. The van der Waals surface area contributed by atoms with E-state index in [4.69, 9.17) is 0 Å². The van der Waals surface area contributed by atoms with Gasteiger partial charge in [-0.05, 0) is 36.3 Å². The number of fused-ring (bicyclic) bond motifs is 5. The van der Waals surface area contributed by atoms with Crippen LogP contribution in [-0.2, 0) is 20.8 Å². The van der Waals surface area contributed by atoms with Gasteiger partial charge in [0, 0.05) is 5.69 Å². The second-order valence-electron chi connectivity index (χ2n) is 6.82. The average Bonchev–Trinajstić information content (AvgIpc) is 3.25. The molecule has 5 nitrogen and oxygen atoms in total. The van der Waals surface area contributed by atoms with Crippen LogP contribution in [0.3, 0.4) is 0 Å². The number of para-hydroxylation sites is 1. The van der Waals surface area contributed by atoms with Crippen LogP contribution in [0.25, 0.3) is 0 Å². The largest absolute Gasteiger partial charge is 0.324 e. The summed E-state index contributed by atoms with van der Waals surface area (Å²) >= 11 is 0. The highest BCUT2D eigenvalue weighted by molar-refractivity contribution is 6.09. The molecular formula is C19H20N2O3. The first kappa shape index (κ1) is 15.1. The van der Waals surface area contributed by atoms with E-state index in [9.17, 15) is 14.4 Å². The molecule has 2 fully saturated rings. The van der Waals surface area contributed by atoms with Crippen LogP contribution >= 0.6 is 0 Å². The molecule has 1 aromatic rings. The normalized spacial score (nSPS) is 30.1. The zero-order valence-corrected chi connectivity index (χ0v) is 13.6. The van der Waals surface area contributed by atoms with Crippen LogP contribution in [-0.4, -0.2) is 29.2 Å². The molecule has 3 aliphatic rings. The van der Waals surface area contributed by atoms with Gasteiger partial charge in [-0.25, -0.2) is 0 Å². The Kier molecular flexibility index (Phi) is 3.52. The van der Waals surface area contributed by atoms with Crippen LogP contribution in [0.5, 0.6) is 0 Å². The molecule has 0 aromatic heterocycles. The number of benzene rings is 1. The number of allylic oxidation sites excluding steroid dienone is 2. The maximum absolute atomic E-state index is 12.6. The molecule has 1 aliphatic heterocycles. The van der Waals surface area contributed by atoms with E-state index >= 15 is 0 Å². The van der Waals surface area contributed by atoms with Gasteiger partial charge in [0.25, 0.3) is 0 Å². The smallest absolute Gasteiger partial charge is 0.244 e. The maximum atomic E-state index is 12.6. The number of nitrogens with zero attached hydrogens (tertiary/aromatic N) is 1. The number of rotatable bonds is 4. The summed E-state index contributed by atoms with van der Waals surface area (Å²) in [4.78, 5) is 38.7. The van der Waals surface area contributed by atoms with Crippen LogP contribution in [0, 0.1) is 23.7 Å². The third-order valence-electron chi connectivity index (χ3n) is 5.54. The van der Waals surface area contributed by atoms with E-state index in [0.29, 0.717) is 0 Å². The molecule has 24 heavy (non-hydrogen) atoms. The summed E-state index contributed by atoms with van der Waals surface area (Å²) in [5, 5.41) is 2.83. The SMILES string of the molecule is CCc1ccccc1NC(=O)CN1C(=O)C2C(C1=O)[C@H]1C=C[C@@H]2C1. The van der Waals surface area contributed by atoms with Gasteiger partial charge in [0.05, 0.1) is 11.8 Å². The second-order valence-corrected chi connectivity index (χ2v) is 6.82. The number of likely N-dealkylation sites (tertiary alicyclic amines) is 1. The molecule has 1 heterocycles. The van der Waals surface area contributed by atoms with Crippen molar-refractivity contribution in [3.05, 3.63) is 42.0 Å². The summed E-state index contributed by atoms with van der Waals surface area (Å²) in [6, 6.07) is 7.57. The van der Waals surface area contributed by atoms with Crippen LogP contribution in [0.1, 0.15) is 18.9 Å². The molecule has 1 saturated carbocycles. The Morgan fingerprint density at radius 2 is 1.75 bits per heavy atom. The highest BCUT2D eigenvalue weighted by Gasteiger charge is 2.59. The maximum Gasteiger partial charge on any atom is 0.244 e. The fourth-order valence-corrected chi connectivity index (χ4v) is 4.40. The number of carbonyl (C=O) groups excluding carboxylic acids is 3. The number of hydrogen-bond acceptors (Lipinski definition) is 3. The third-order valence-corrected chi connectivity index (χ3v) is 5.54. The molecule has 5 heteroatoms. The molecule has 2 unspecified atom stereocenters. The molecule has 4 atom stereocenters. The van der Waals surface area contributed by atoms with Crippen molar-refractivity contribution in [1.82, 2.24) is 4.90 Å². The van der Waals surface area contributed by atoms with E-state index in [0.717, 1.165) is 29.0 Å². The van der Waals surface area contributed by atoms with Crippen molar-refractivity contribution < 1.29 is 14.4 Å². The standard InChI is InChI=1S/C19H20N2O3/c1-2-11-5-3-4-6-14(11)20-15(22)10-21-18(23)16-12-7-8-13(9-12)17(16)19(21)24/h3-8,12-13,16-17H,2,9-10H2,1H3,(H,20,22)/t12-,13+,16?,17?. The highest BCUT2D eigenvalue weighted by atomic mass is 16.2. The third kappa shape index (κ3) is 2.19. The fourth-order valence-electron chi connectivity index (χ4n) is 4.40. The Balaban J connectivity index is 1.47. The summed E-state index contributed by atoms with van der Waals surface area (Å²) < 4.78 is 0. The van der Waals surface area contributed by atoms with Gasteiger partial charge in [-0.2, -0.15) is 0 Å². The minimum absolute atomic E-state index is 0.172. The van der Waals surface area contributed by atoms with Crippen LogP contribution in [0.15, 0.2) is 36.4 Å². The number of carbonyl (C=O) groups is 3. The van der Waals surface area contributed by atoms with Gasteiger partial charge >= 0.3 is 0 Å². The molecule has 0 spiro atoms. The Morgan fingerprint density at radius 1 is 1.12 bits per heavy atom. The molecule has 3 amide bonds. The van der Waals surface area contributed by atoms with Crippen molar-refractivity contribution in [2.45, 2.75) is 19.8 Å². The van der Waals surface area contributed by atoms with E-state index < -0.39 is 0 Å². The number of nitrogens with one attached hydrogen (secondary N) is 1. The average molecular weight is 324 g/mol. The lowest BCUT2D eigenvalue weighted by Crippen LogP contribution is -2.39. The van der Waals surface area contributed by atoms with Crippen molar-refractivity contribution in [3.63, 3.8) is 0 Å². The van der Waals surface area contributed by atoms with E-state index in [1.165, 1.54) is 0 Å². The fraction of sp³-hybridized carbons (Fsp3) is 0.421. The van der Waals surface area contributed by atoms with Gasteiger partial charge in [0.2, 0.25) is 17.7 Å². The summed E-state index contributed by atoms with van der Waals surface area (Å²) in [7, 11) is 0. The van der Waals surface area contributed by atoms with Crippen molar-refractivity contribution in [3.8, 4) is 0 Å². The number of imide groups is 1. The quantitative estimate of drug-likeness (QED) is 0.680. The zero-order chi connectivity index (χ0) is 16.8. The van der Waals surface area contributed by atoms with Crippen molar-refractivity contribution in [2.75, 3.05) is 11.9 Å². The summed E-state index contributed by atoms with van der Waals surface area (Å²) in [6.45, 7) is 1.82. The number of hydrogen-bond donors (Lipinski definition) is 1. The lowest BCUT2D eigenvalue weighted by molar-refractivity contribution is -0.143. The molecule has 124 valence electrons. The van der Waals surface area contributed by atoms with Gasteiger partial charge < -0.3 is 5.32 Å². The summed E-state index contributed by atoms with van der Waals surface area (Å²) in [5.41, 5.74) is 1.77. The Bertz CT molecular complexity index is 725. The lowest BCUT2D eigenvalue weighted by atomic mass is 9.85. The topological polar surface area (TPSA) is 66.5 Å². The van der Waals surface area contributed by atoms with E-state index in [1.54, 1.807) is 0 Å². The molecular weight excluding hydrogens is 304 g/mol. The monoisotopic (exact) mass is 324 g/mol. The number of anilines is 1. The van der Waals surface area contributed by atoms with E-state index in [2.05, 4.69) is 17.5 Å². The molecule has 4 rings (SSSR count). The van der Waals surface area contributed by atoms with Crippen LogP contribution < -0.4 is 5.32 Å². The number of aryl methyl sites for hydroxylation is 1. The molecule has 2 aliphatic carbocycles. The van der Waals surface area contributed by atoms with Gasteiger partial charge in [-0.3, -0.25) is 19.3 Å². The molecule has 1 N–H and O–H groups in total. The van der Waals surface area contributed by atoms with Crippen molar-refractivity contribution >= 4 is 23.4 Å². The Morgan fingerprint density at radius 3 is 2.38 bits per heavy atom. The Hall–Kier alpha value is -2.43. The first-order chi connectivity index (χ1) is 11.6. The first-order valence-electron chi connectivity index (χ1n) is 8.51. The minimum Gasteiger partial charge on any atom is -0.324 e. The van der Waals surface area contributed by atoms with E-state index in [-0.39, 0.29) is 47.9 Å². The first-order valence-corrected chi connectivity index (χ1v) is 8.51. The zero-order valence-electron chi connectivity index (χ0n) is 13.6. The molecule has 1 aromatic carbocycles. The predicted octanol–water partition coefficient (Wildman–Crippen LogP) is 1.99. The van der Waals surface area contributed by atoms with Crippen molar-refractivity contribution in [1.29, 1.82) is 0 Å². The minimum atomic E-state index is -0.321.